The number of benzene rings is 1. The highest BCUT2D eigenvalue weighted by atomic mass is 35.5. The maximum atomic E-state index is 11.2. The topological polar surface area (TPSA) is 58.6 Å². The summed E-state index contributed by atoms with van der Waals surface area (Å²) in [5, 5.41) is 8.49. The van der Waals surface area contributed by atoms with Gasteiger partial charge >= 0.3 is 5.97 Å². The fourth-order valence-corrected chi connectivity index (χ4v) is 1.27. The lowest BCUT2D eigenvalue weighted by Crippen LogP contribution is -2.08. The smallest absolute Gasteiger partial charge is 0.338 e. The number of hydrogen-bond donors (Lipinski definition) is 2. The Morgan fingerprint density at radius 3 is 2.67 bits per heavy atom. The molecule has 0 saturated carbocycles. The Balaban J connectivity index is 0.00000196. The lowest BCUT2D eigenvalue weighted by molar-refractivity contribution is 0.0600. The van der Waals surface area contributed by atoms with Crippen molar-refractivity contribution in [1.82, 2.24) is 5.48 Å². The van der Waals surface area contributed by atoms with Gasteiger partial charge in [-0.25, -0.2) is 10.3 Å². The maximum absolute atomic E-state index is 11.2. The van der Waals surface area contributed by atoms with Crippen LogP contribution in [0.2, 0.25) is 0 Å². The Morgan fingerprint density at radius 1 is 1.53 bits per heavy atom. The molecule has 84 valence electrons. The number of hydrogen-bond acceptors (Lipinski definition) is 4. The minimum Gasteiger partial charge on any atom is -0.465 e. The van der Waals surface area contributed by atoms with Crippen LogP contribution < -0.4 is 5.48 Å². The summed E-state index contributed by atoms with van der Waals surface area (Å²) in [5.74, 6) is -0.342. The Morgan fingerprint density at radius 2 is 2.20 bits per heavy atom. The van der Waals surface area contributed by atoms with Gasteiger partial charge in [-0.05, 0) is 24.1 Å². The van der Waals surface area contributed by atoms with Gasteiger partial charge in [0.25, 0.3) is 0 Å². The number of carbonyl (C=O) groups is 1. The number of halogens is 1. The molecule has 0 aliphatic rings. The summed E-state index contributed by atoms with van der Waals surface area (Å²) in [5.41, 5.74) is 4.36. The van der Waals surface area contributed by atoms with Crippen molar-refractivity contribution in [3.63, 3.8) is 0 Å². The average molecular weight is 232 g/mol. The van der Waals surface area contributed by atoms with E-state index in [-0.39, 0.29) is 18.4 Å². The van der Waals surface area contributed by atoms with Gasteiger partial charge in [0.1, 0.15) is 0 Å². The standard InChI is InChI=1S/C10H13NO3.ClH/c1-7-5-8(6-11-13)3-4-9(7)10(12)14-2;/h3-5,11,13H,6H2,1-2H3;1H. The predicted molar refractivity (Wildman–Crippen MR) is 58.4 cm³/mol. The molecule has 4 nitrogen and oxygen atoms in total. The van der Waals surface area contributed by atoms with Gasteiger partial charge in [0.05, 0.1) is 12.7 Å². The lowest BCUT2D eigenvalue weighted by atomic mass is 10.1. The first-order chi connectivity index (χ1) is 6.69. The fourth-order valence-electron chi connectivity index (χ4n) is 1.27. The number of ether oxygens (including phenoxy) is 1. The monoisotopic (exact) mass is 231 g/mol. The summed E-state index contributed by atoms with van der Waals surface area (Å²) in [6, 6.07) is 5.28. The summed E-state index contributed by atoms with van der Waals surface area (Å²) in [7, 11) is 1.35. The van der Waals surface area contributed by atoms with Crippen molar-refractivity contribution in [2.75, 3.05) is 7.11 Å². The number of carbonyl (C=O) groups excluding carboxylic acids is 1. The van der Waals surface area contributed by atoms with Crippen molar-refractivity contribution in [2.24, 2.45) is 0 Å². The molecule has 0 saturated heterocycles. The Bertz CT molecular complexity index is 341. The van der Waals surface area contributed by atoms with E-state index in [0.29, 0.717) is 12.1 Å². The summed E-state index contributed by atoms with van der Waals surface area (Å²) in [6.45, 7) is 2.19. The van der Waals surface area contributed by atoms with Crippen LogP contribution in [0.1, 0.15) is 21.5 Å². The first-order valence-corrected chi connectivity index (χ1v) is 4.24. The first-order valence-electron chi connectivity index (χ1n) is 4.24. The van der Waals surface area contributed by atoms with Gasteiger partial charge in [0.2, 0.25) is 0 Å². The molecule has 0 fully saturated rings. The summed E-state index contributed by atoms with van der Waals surface area (Å²) < 4.78 is 4.61. The van der Waals surface area contributed by atoms with E-state index in [0.717, 1.165) is 11.1 Å². The van der Waals surface area contributed by atoms with Crippen LogP contribution >= 0.6 is 12.4 Å². The molecule has 0 spiro atoms. The lowest BCUT2D eigenvalue weighted by Gasteiger charge is -2.05. The van der Waals surface area contributed by atoms with E-state index in [9.17, 15) is 4.79 Å². The molecule has 0 unspecified atom stereocenters. The SMILES string of the molecule is COC(=O)c1ccc(CNO)cc1C.Cl. The average Bonchev–Trinajstić information content (AvgIpc) is 2.17. The van der Waals surface area contributed by atoms with Gasteiger partial charge in [-0.2, -0.15) is 0 Å². The van der Waals surface area contributed by atoms with Crippen LogP contribution in [0, 0.1) is 6.92 Å². The molecule has 1 aromatic carbocycles. The van der Waals surface area contributed by atoms with Gasteiger partial charge in [0.15, 0.2) is 0 Å². The van der Waals surface area contributed by atoms with Crippen LogP contribution in [-0.4, -0.2) is 18.3 Å². The predicted octanol–water partition coefficient (Wildman–Crippen LogP) is 1.68. The minimum absolute atomic E-state index is 0. The van der Waals surface area contributed by atoms with Gasteiger partial charge in [-0.1, -0.05) is 12.1 Å². The third kappa shape index (κ3) is 3.51. The summed E-state index contributed by atoms with van der Waals surface area (Å²) in [4.78, 5) is 11.2. The van der Waals surface area contributed by atoms with E-state index < -0.39 is 0 Å². The fraction of sp³-hybridized carbons (Fsp3) is 0.300. The zero-order valence-corrected chi connectivity index (χ0v) is 9.43. The van der Waals surface area contributed by atoms with Crippen LogP contribution in [0.25, 0.3) is 0 Å². The normalized spacial score (nSPS) is 9.27. The number of rotatable bonds is 3. The van der Waals surface area contributed by atoms with Gasteiger partial charge < -0.3 is 9.94 Å². The van der Waals surface area contributed by atoms with Gasteiger partial charge in [0, 0.05) is 6.54 Å². The molecule has 0 atom stereocenters. The quantitative estimate of drug-likeness (QED) is 0.614. The molecule has 0 aliphatic heterocycles. The van der Waals surface area contributed by atoms with Crippen molar-refractivity contribution >= 4 is 18.4 Å². The van der Waals surface area contributed by atoms with Crippen LogP contribution in [-0.2, 0) is 11.3 Å². The molecule has 1 aromatic rings. The highest BCUT2D eigenvalue weighted by Crippen LogP contribution is 2.11. The highest BCUT2D eigenvalue weighted by molar-refractivity contribution is 5.90. The van der Waals surface area contributed by atoms with Crippen molar-refractivity contribution < 1.29 is 14.7 Å². The van der Waals surface area contributed by atoms with Crippen molar-refractivity contribution in [2.45, 2.75) is 13.5 Å². The largest absolute Gasteiger partial charge is 0.465 e. The van der Waals surface area contributed by atoms with E-state index >= 15 is 0 Å². The van der Waals surface area contributed by atoms with Crippen molar-refractivity contribution in [3.8, 4) is 0 Å². The molecule has 0 bridgehead atoms. The third-order valence-electron chi connectivity index (χ3n) is 1.98. The molecular weight excluding hydrogens is 218 g/mol. The number of methoxy groups -OCH3 is 1. The van der Waals surface area contributed by atoms with Crippen LogP contribution in [0.4, 0.5) is 0 Å². The Labute approximate surface area is 94.6 Å². The molecule has 0 amide bonds. The molecular formula is C10H14ClNO3. The zero-order chi connectivity index (χ0) is 10.6. The Kier molecular flexibility index (Phi) is 5.93. The second-order valence-electron chi connectivity index (χ2n) is 2.98. The number of hydroxylamine groups is 1. The Hall–Kier alpha value is -1.10. The van der Waals surface area contributed by atoms with Crippen LogP contribution in [0.5, 0.6) is 0 Å². The third-order valence-corrected chi connectivity index (χ3v) is 1.98. The summed E-state index contributed by atoms with van der Waals surface area (Å²) >= 11 is 0. The molecule has 5 heteroatoms. The zero-order valence-electron chi connectivity index (χ0n) is 8.61. The van der Waals surface area contributed by atoms with E-state index in [1.54, 1.807) is 12.1 Å². The van der Waals surface area contributed by atoms with E-state index in [1.807, 2.05) is 13.0 Å². The number of nitrogens with one attached hydrogen (secondary N) is 1. The molecule has 0 radical (unpaired) electrons. The van der Waals surface area contributed by atoms with E-state index in [2.05, 4.69) is 10.2 Å². The highest BCUT2D eigenvalue weighted by Gasteiger charge is 2.08. The second-order valence-corrected chi connectivity index (χ2v) is 2.98. The van der Waals surface area contributed by atoms with Crippen LogP contribution in [0.3, 0.4) is 0 Å². The molecule has 15 heavy (non-hydrogen) atoms. The van der Waals surface area contributed by atoms with E-state index in [4.69, 9.17) is 5.21 Å². The van der Waals surface area contributed by atoms with Crippen molar-refractivity contribution in [1.29, 1.82) is 0 Å². The molecule has 2 N–H and O–H groups in total. The molecule has 0 heterocycles. The van der Waals surface area contributed by atoms with Gasteiger partial charge in [-0.3, -0.25) is 0 Å². The first kappa shape index (κ1) is 13.9. The molecule has 0 aromatic heterocycles. The maximum Gasteiger partial charge on any atom is 0.338 e. The van der Waals surface area contributed by atoms with E-state index in [1.165, 1.54) is 7.11 Å². The molecule has 1 rings (SSSR count). The number of esters is 1. The van der Waals surface area contributed by atoms with Crippen LogP contribution in [0.15, 0.2) is 18.2 Å². The van der Waals surface area contributed by atoms with Crippen molar-refractivity contribution in [3.05, 3.63) is 34.9 Å². The summed E-state index contributed by atoms with van der Waals surface area (Å²) in [6.07, 6.45) is 0. The number of aryl methyl sites for hydroxylation is 1. The van der Waals surface area contributed by atoms with Gasteiger partial charge in [-0.15, -0.1) is 12.4 Å². The minimum atomic E-state index is -0.342. The molecule has 0 aliphatic carbocycles. The second kappa shape index (κ2) is 6.40.